The van der Waals surface area contributed by atoms with Gasteiger partial charge in [0.2, 0.25) is 23.0 Å². The van der Waals surface area contributed by atoms with E-state index < -0.39 is 0 Å². The highest BCUT2D eigenvalue weighted by Gasteiger charge is 2.29. The number of methoxy groups -OCH3 is 5. The van der Waals surface area contributed by atoms with E-state index in [1.54, 1.807) is 65.9 Å². The second-order valence-corrected chi connectivity index (χ2v) is 10.9. The minimum atomic E-state index is -0.376. The first-order chi connectivity index (χ1) is 22.2. The third-order valence-electron chi connectivity index (χ3n) is 7.99. The van der Waals surface area contributed by atoms with Gasteiger partial charge in [-0.05, 0) is 72.7 Å². The standard InChI is InChI=1S/C35H43N3O8/c1-21(39)37-26-14-11-22-18-31(44-4)34(45-5)35(46-6)33(22)24-13-16-27(29(40)20-25(24)26)36-17-9-7-8-10-32(41)38-28-15-12-23(42-2)19-30(28)43-3/h12-13,15-16,18-20,26H,7-11,14,17H2,1-6H3,(H,36,40)(H,37,39)(H,38,41). The molecule has 11 heteroatoms. The summed E-state index contributed by atoms with van der Waals surface area (Å²) in [6.07, 6.45) is 3.81. The topological polar surface area (TPSA) is 133 Å². The van der Waals surface area contributed by atoms with Gasteiger partial charge in [-0.15, -0.1) is 0 Å². The lowest BCUT2D eigenvalue weighted by Crippen LogP contribution is -2.26. The molecule has 0 heterocycles. The highest BCUT2D eigenvalue weighted by molar-refractivity contribution is 5.92. The lowest BCUT2D eigenvalue weighted by Gasteiger charge is -2.19. The van der Waals surface area contributed by atoms with Gasteiger partial charge < -0.3 is 39.6 Å². The van der Waals surface area contributed by atoms with Crippen LogP contribution in [-0.4, -0.2) is 53.9 Å². The number of aryl methyl sites for hydroxylation is 1. The molecule has 0 fully saturated rings. The maximum Gasteiger partial charge on any atom is 0.224 e. The maximum absolute atomic E-state index is 13.5. The van der Waals surface area contributed by atoms with Crippen LogP contribution in [-0.2, 0) is 16.0 Å². The first-order valence-electron chi connectivity index (χ1n) is 15.3. The summed E-state index contributed by atoms with van der Waals surface area (Å²) in [6.45, 7) is 2.02. The molecule has 0 saturated heterocycles. The van der Waals surface area contributed by atoms with Gasteiger partial charge in [0, 0.05) is 31.5 Å². The van der Waals surface area contributed by atoms with Crippen molar-refractivity contribution < 1.29 is 33.3 Å². The van der Waals surface area contributed by atoms with Crippen LogP contribution in [0.15, 0.2) is 47.3 Å². The van der Waals surface area contributed by atoms with E-state index in [0.29, 0.717) is 77.9 Å². The lowest BCUT2D eigenvalue weighted by atomic mass is 9.95. The molecule has 4 rings (SSSR count). The number of unbranched alkanes of at least 4 members (excludes halogenated alkanes) is 2. The summed E-state index contributed by atoms with van der Waals surface area (Å²) >= 11 is 0. The smallest absolute Gasteiger partial charge is 0.224 e. The Balaban J connectivity index is 1.47. The molecule has 2 amide bonds. The third-order valence-corrected chi connectivity index (χ3v) is 7.99. The van der Waals surface area contributed by atoms with Gasteiger partial charge in [-0.3, -0.25) is 14.4 Å². The number of carbonyl (C=O) groups is 2. The predicted molar refractivity (Wildman–Crippen MR) is 178 cm³/mol. The maximum atomic E-state index is 13.5. The minimum absolute atomic E-state index is 0.103. The zero-order valence-corrected chi connectivity index (χ0v) is 27.3. The van der Waals surface area contributed by atoms with E-state index in [0.717, 1.165) is 29.5 Å². The molecule has 1 unspecified atom stereocenters. The Labute approximate surface area is 269 Å². The van der Waals surface area contributed by atoms with Crippen molar-refractivity contribution in [2.75, 3.05) is 52.7 Å². The van der Waals surface area contributed by atoms with Gasteiger partial charge in [-0.25, -0.2) is 0 Å². The second kappa shape index (κ2) is 15.9. The molecule has 1 aliphatic rings. The van der Waals surface area contributed by atoms with Crippen LogP contribution in [0.25, 0.3) is 11.1 Å². The van der Waals surface area contributed by atoms with Crippen LogP contribution >= 0.6 is 0 Å². The summed E-state index contributed by atoms with van der Waals surface area (Å²) < 4.78 is 27.6. The third kappa shape index (κ3) is 7.82. The predicted octanol–water partition coefficient (Wildman–Crippen LogP) is 5.49. The van der Waals surface area contributed by atoms with Crippen molar-refractivity contribution in [3.05, 3.63) is 63.8 Å². The number of anilines is 2. The quantitative estimate of drug-likeness (QED) is 0.197. The Hall–Kier alpha value is -4.93. The Morgan fingerprint density at radius 3 is 2.22 bits per heavy atom. The fraction of sp³-hybridized carbons (Fsp3) is 0.400. The highest BCUT2D eigenvalue weighted by atomic mass is 16.5. The molecule has 3 aromatic carbocycles. The lowest BCUT2D eigenvalue weighted by molar-refractivity contribution is -0.119. The van der Waals surface area contributed by atoms with E-state index >= 15 is 0 Å². The van der Waals surface area contributed by atoms with Gasteiger partial charge in [0.15, 0.2) is 11.5 Å². The number of amides is 2. The SMILES string of the molecule is COc1ccc(NC(=O)CCCCCNc2ccc3c(cc2=O)C(NC(C)=O)CCc2cc(OC)c(OC)c(OC)c2-3)c(OC)c1. The minimum Gasteiger partial charge on any atom is -0.497 e. The van der Waals surface area contributed by atoms with Crippen LogP contribution in [0.4, 0.5) is 11.4 Å². The van der Waals surface area contributed by atoms with E-state index in [9.17, 15) is 14.4 Å². The van der Waals surface area contributed by atoms with Crippen LogP contribution in [0.3, 0.4) is 0 Å². The van der Waals surface area contributed by atoms with Gasteiger partial charge in [-0.2, -0.15) is 0 Å². The van der Waals surface area contributed by atoms with Crippen molar-refractivity contribution >= 4 is 23.2 Å². The fourth-order valence-corrected chi connectivity index (χ4v) is 5.78. The number of fused-ring (bicyclic) bond motifs is 3. The summed E-state index contributed by atoms with van der Waals surface area (Å²) in [7, 11) is 7.81. The molecule has 3 aromatic rings. The van der Waals surface area contributed by atoms with Crippen molar-refractivity contribution in [2.24, 2.45) is 0 Å². The van der Waals surface area contributed by atoms with Crippen LogP contribution in [0.5, 0.6) is 28.7 Å². The first kappa shape index (κ1) is 34.0. The van der Waals surface area contributed by atoms with Gasteiger partial charge in [0.05, 0.1) is 53.0 Å². The summed E-state index contributed by atoms with van der Waals surface area (Å²) in [6, 6.07) is 12.0. The number of ether oxygens (including phenoxy) is 5. The van der Waals surface area contributed by atoms with Crippen LogP contribution in [0, 0.1) is 0 Å². The van der Waals surface area contributed by atoms with E-state index in [2.05, 4.69) is 16.0 Å². The van der Waals surface area contributed by atoms with E-state index in [4.69, 9.17) is 23.7 Å². The molecule has 0 saturated carbocycles. The molecule has 0 aliphatic heterocycles. The molecular formula is C35H43N3O8. The zero-order chi connectivity index (χ0) is 33.2. The molecule has 11 nitrogen and oxygen atoms in total. The molecule has 0 bridgehead atoms. The Morgan fingerprint density at radius 2 is 1.54 bits per heavy atom. The summed E-state index contributed by atoms with van der Waals surface area (Å²) in [5.41, 5.74) is 4.09. The van der Waals surface area contributed by atoms with E-state index in [1.807, 2.05) is 12.1 Å². The van der Waals surface area contributed by atoms with Crippen LogP contribution in [0.1, 0.15) is 56.2 Å². The van der Waals surface area contributed by atoms with Crippen molar-refractivity contribution in [1.29, 1.82) is 0 Å². The second-order valence-electron chi connectivity index (χ2n) is 10.9. The Bertz CT molecular complexity index is 1620. The molecule has 1 atom stereocenters. The first-order valence-corrected chi connectivity index (χ1v) is 15.3. The average molecular weight is 634 g/mol. The number of hydrogen-bond donors (Lipinski definition) is 3. The molecule has 246 valence electrons. The monoisotopic (exact) mass is 633 g/mol. The molecule has 1 aliphatic carbocycles. The molecule has 0 radical (unpaired) electrons. The number of carbonyl (C=O) groups excluding carboxylic acids is 2. The zero-order valence-electron chi connectivity index (χ0n) is 27.3. The van der Waals surface area contributed by atoms with Crippen LogP contribution < -0.4 is 45.1 Å². The number of hydrogen-bond acceptors (Lipinski definition) is 9. The average Bonchev–Trinajstić information content (AvgIpc) is 3.29. The van der Waals surface area contributed by atoms with Crippen LogP contribution in [0.2, 0.25) is 0 Å². The van der Waals surface area contributed by atoms with Crippen molar-refractivity contribution in [3.8, 4) is 39.9 Å². The normalized spacial score (nSPS) is 13.3. The largest absolute Gasteiger partial charge is 0.497 e. The van der Waals surface area contributed by atoms with Crippen molar-refractivity contribution in [2.45, 2.75) is 51.5 Å². The van der Waals surface area contributed by atoms with E-state index in [-0.39, 0.29) is 23.3 Å². The Morgan fingerprint density at radius 1 is 0.804 bits per heavy atom. The highest BCUT2D eigenvalue weighted by Crippen LogP contribution is 2.50. The molecule has 3 N–H and O–H groups in total. The number of rotatable bonds is 14. The van der Waals surface area contributed by atoms with Gasteiger partial charge in [0.1, 0.15) is 11.5 Å². The van der Waals surface area contributed by atoms with E-state index in [1.165, 1.54) is 6.92 Å². The van der Waals surface area contributed by atoms with Crippen molar-refractivity contribution in [1.82, 2.24) is 5.32 Å². The molecule has 0 spiro atoms. The summed E-state index contributed by atoms with van der Waals surface area (Å²) in [5.74, 6) is 2.39. The molecular weight excluding hydrogens is 590 g/mol. The number of benzene rings is 2. The number of nitrogens with one attached hydrogen (secondary N) is 3. The van der Waals surface area contributed by atoms with Crippen molar-refractivity contribution in [3.63, 3.8) is 0 Å². The molecule has 46 heavy (non-hydrogen) atoms. The summed E-state index contributed by atoms with van der Waals surface area (Å²) in [5, 5.41) is 9.18. The van der Waals surface area contributed by atoms with Gasteiger partial charge >= 0.3 is 0 Å². The fourth-order valence-electron chi connectivity index (χ4n) is 5.78. The van der Waals surface area contributed by atoms with Gasteiger partial charge in [0.25, 0.3) is 0 Å². The Kier molecular flexibility index (Phi) is 11.7. The summed E-state index contributed by atoms with van der Waals surface area (Å²) in [4.78, 5) is 38.2. The molecule has 0 aromatic heterocycles. The van der Waals surface area contributed by atoms with Gasteiger partial charge in [-0.1, -0.05) is 12.5 Å².